The minimum Gasteiger partial charge on any atom is -0.492 e. The van der Waals surface area contributed by atoms with Gasteiger partial charge in [-0.25, -0.2) is 9.97 Å². The zero-order valence-electron chi connectivity index (χ0n) is 39.0. The zero-order chi connectivity index (χ0) is 49.0. The van der Waals surface area contributed by atoms with E-state index >= 15 is 0 Å². The second kappa shape index (κ2) is 22.9. The maximum Gasteiger partial charge on any atom is 0.255 e. The molecule has 5 amide bonds. The molecule has 19 heteroatoms. The van der Waals surface area contributed by atoms with Gasteiger partial charge in [0.05, 0.1) is 23.0 Å². The van der Waals surface area contributed by atoms with Gasteiger partial charge in [-0.1, -0.05) is 12.1 Å². The molecule has 0 unspecified atom stereocenters. The molecule has 4 aromatic rings. The molecule has 1 aliphatic heterocycles. The number of benzene rings is 3. The number of carbonyl (C=O) groups is 5. The molecule has 10 N–H and O–H groups in total. The average molecular weight is 920 g/mol. The fraction of sp³-hybridized carbons (Fsp3) is 0.417. The Morgan fingerprint density at radius 2 is 1.49 bits per heavy atom. The Balaban J connectivity index is 1.56. The van der Waals surface area contributed by atoms with Crippen LogP contribution in [0.3, 0.4) is 0 Å². The molecule has 67 heavy (non-hydrogen) atoms. The van der Waals surface area contributed by atoms with E-state index in [0.29, 0.717) is 62.3 Å². The van der Waals surface area contributed by atoms with Crippen molar-refractivity contribution in [2.24, 2.45) is 17.2 Å². The molecular weight excluding hydrogens is 859 g/mol. The van der Waals surface area contributed by atoms with E-state index in [-0.39, 0.29) is 63.4 Å². The molecule has 0 aliphatic carbocycles. The second-order valence-corrected chi connectivity index (χ2v) is 17.0. The molecule has 3 aromatic carbocycles. The number of likely N-dealkylation sites (N-methyl/N-ethyl adjacent to an activating group) is 1. The van der Waals surface area contributed by atoms with Crippen molar-refractivity contribution in [2.45, 2.75) is 84.2 Å². The predicted molar refractivity (Wildman–Crippen MR) is 251 cm³/mol. The van der Waals surface area contributed by atoms with Gasteiger partial charge < -0.3 is 57.6 Å². The van der Waals surface area contributed by atoms with Crippen LogP contribution < -0.4 is 52.7 Å². The number of nitrogens with zero attached hydrogens (tertiary/aromatic N) is 4. The number of aryl methyl sites for hydroxylation is 2. The average Bonchev–Trinajstić information content (AvgIpc) is 3.28. The molecule has 0 saturated carbocycles. The fourth-order valence-electron chi connectivity index (χ4n) is 7.56. The van der Waals surface area contributed by atoms with Gasteiger partial charge in [0.25, 0.3) is 5.91 Å². The number of hydrogen-bond acceptors (Lipinski definition) is 14. The number of fused-ring (bicyclic) bond motifs is 5. The molecule has 4 atom stereocenters. The van der Waals surface area contributed by atoms with Gasteiger partial charge in [0, 0.05) is 43.2 Å². The quantitative estimate of drug-likeness (QED) is 0.0793. The lowest BCUT2D eigenvalue weighted by Gasteiger charge is -2.32. The fourth-order valence-corrected chi connectivity index (χ4v) is 7.56. The number of carbonyl (C=O) groups excluding carboxylic acids is 5. The van der Waals surface area contributed by atoms with Crippen molar-refractivity contribution < 1.29 is 38.2 Å². The summed E-state index contributed by atoms with van der Waals surface area (Å²) < 4.78 is 18.1. The Labute approximate surface area is 390 Å². The minimum atomic E-state index is -1.41. The normalized spacial score (nSPS) is 16.5. The summed E-state index contributed by atoms with van der Waals surface area (Å²) in [5.74, 6) is -1.55. The van der Waals surface area contributed by atoms with Gasteiger partial charge in [0.2, 0.25) is 23.6 Å². The Morgan fingerprint density at radius 3 is 2.07 bits per heavy atom. The smallest absolute Gasteiger partial charge is 0.255 e. The van der Waals surface area contributed by atoms with Crippen LogP contribution in [-0.4, -0.2) is 115 Å². The molecule has 19 nitrogen and oxygen atoms in total. The highest BCUT2D eigenvalue weighted by Gasteiger charge is 2.36. The Kier molecular flexibility index (Phi) is 17.3. The molecule has 0 saturated heterocycles. The van der Waals surface area contributed by atoms with Crippen molar-refractivity contribution in [3.8, 4) is 45.8 Å². The van der Waals surface area contributed by atoms with E-state index in [1.165, 1.54) is 18.9 Å². The summed E-state index contributed by atoms with van der Waals surface area (Å²) in [4.78, 5) is 81.0. The van der Waals surface area contributed by atoms with Gasteiger partial charge in [-0.3, -0.25) is 24.0 Å². The lowest BCUT2D eigenvalue weighted by molar-refractivity contribution is -0.141. The van der Waals surface area contributed by atoms with E-state index in [0.717, 1.165) is 0 Å². The van der Waals surface area contributed by atoms with Crippen molar-refractivity contribution in [1.29, 1.82) is 5.26 Å². The summed E-state index contributed by atoms with van der Waals surface area (Å²) >= 11 is 0. The second-order valence-electron chi connectivity index (χ2n) is 17.0. The molecule has 1 aliphatic rings. The van der Waals surface area contributed by atoms with E-state index in [1.807, 2.05) is 51.1 Å². The molecular formula is C48H61N11O8. The van der Waals surface area contributed by atoms with E-state index in [9.17, 15) is 29.2 Å². The predicted octanol–water partition coefficient (Wildman–Crippen LogP) is 2.11. The first-order chi connectivity index (χ1) is 31.9. The largest absolute Gasteiger partial charge is 0.492 e. The van der Waals surface area contributed by atoms with Crippen molar-refractivity contribution >= 4 is 29.5 Å². The maximum absolute atomic E-state index is 14.7. The highest BCUT2D eigenvalue weighted by Crippen LogP contribution is 2.40. The van der Waals surface area contributed by atoms with E-state index in [2.05, 4.69) is 31.2 Å². The molecule has 4 bridgehead atoms. The Bertz CT molecular complexity index is 2460. The summed E-state index contributed by atoms with van der Waals surface area (Å²) in [7, 11) is 1.41. The van der Waals surface area contributed by atoms with Crippen LogP contribution in [0.5, 0.6) is 17.2 Å². The van der Waals surface area contributed by atoms with Crippen molar-refractivity contribution in [3.05, 3.63) is 88.7 Å². The maximum atomic E-state index is 14.7. The summed E-state index contributed by atoms with van der Waals surface area (Å²) in [5, 5.41) is 19.9. The number of nitrogens with one attached hydrogen (secondary N) is 4. The van der Waals surface area contributed by atoms with Crippen molar-refractivity contribution in [3.63, 3.8) is 0 Å². The van der Waals surface area contributed by atoms with Crippen LogP contribution in [0.25, 0.3) is 22.5 Å². The van der Waals surface area contributed by atoms with E-state index < -0.39 is 53.7 Å². The number of nitrogens with two attached hydrogens (primary N) is 3. The minimum absolute atomic E-state index is 0.00255. The third-order valence-corrected chi connectivity index (χ3v) is 10.6. The molecule has 1 aromatic heterocycles. The van der Waals surface area contributed by atoms with Gasteiger partial charge >= 0.3 is 0 Å². The Morgan fingerprint density at radius 1 is 0.881 bits per heavy atom. The third-order valence-electron chi connectivity index (χ3n) is 10.6. The molecule has 0 radical (unpaired) electrons. The molecule has 2 heterocycles. The number of amides is 5. The van der Waals surface area contributed by atoms with Crippen LogP contribution in [0.2, 0.25) is 0 Å². The first-order valence-corrected chi connectivity index (χ1v) is 22.0. The first kappa shape index (κ1) is 50.9. The number of aromatic nitrogens is 2. The molecule has 0 spiro atoms. The topological polar surface area (TPSA) is 292 Å². The standard InChI is InChI=1S/C48H61N11O8/c1-27-40(28(2)55-42(54-27)31-9-12-33(13-10-31)67-48(4,5)6)45(62)57-36(16-17-49)47(64)59(7)41-32-11-15-39(66-23-20-52)35(26-32)34-24-30(8-14-38(34)65-22-19-51)25-37(44(61)53-21-18-50)58-43(60)29(3)56-46(41)63/h8-15,24,26,29,36-37,41H,16-17,19-23,25,49,51-52H2,1-7H3,(H,53,61)(H,56,63)(H,57,62)(H,58,60)/t29-,36-,37-,41-/m0/s1. The summed E-state index contributed by atoms with van der Waals surface area (Å²) in [5.41, 5.74) is 20.8. The van der Waals surface area contributed by atoms with Crippen LogP contribution in [0.1, 0.15) is 73.0 Å². The zero-order valence-corrected chi connectivity index (χ0v) is 39.0. The van der Waals surface area contributed by atoms with Gasteiger partial charge in [-0.05, 0) is 114 Å². The highest BCUT2D eigenvalue weighted by atomic mass is 16.5. The number of hydrogen-bond donors (Lipinski definition) is 7. The van der Waals surface area contributed by atoms with Gasteiger partial charge in [0.15, 0.2) is 5.82 Å². The lowest BCUT2D eigenvalue weighted by Crippen LogP contribution is -2.56. The number of rotatable bonds is 16. The number of nitriles is 1. The lowest BCUT2D eigenvalue weighted by atomic mass is 9.93. The van der Waals surface area contributed by atoms with Crippen molar-refractivity contribution in [2.75, 3.05) is 46.4 Å². The molecule has 356 valence electrons. The molecule has 0 fully saturated rings. The van der Waals surface area contributed by atoms with E-state index in [1.54, 1.807) is 50.2 Å². The van der Waals surface area contributed by atoms with Gasteiger partial charge in [-0.15, -0.1) is 0 Å². The van der Waals surface area contributed by atoms with E-state index in [4.69, 9.17) is 31.4 Å². The summed E-state index contributed by atoms with van der Waals surface area (Å²) in [6.07, 6.45) is -0.0134. The van der Waals surface area contributed by atoms with Crippen molar-refractivity contribution in [1.82, 2.24) is 36.1 Å². The van der Waals surface area contributed by atoms with Gasteiger partial charge in [-0.2, -0.15) is 5.26 Å². The molecule has 5 rings (SSSR count). The SMILES string of the molecule is Cc1nc(-c2ccc(OC(C)(C)C)cc2)nc(C)c1C(=O)N[C@@H](CCN)C(=O)N(C)[C@@H]1C(=O)N[C@@H](C)C(=O)N[C@H](C(=O)NCC#N)Cc2ccc(OCCN)c(c2)-c2cc1ccc2OCCN. The summed E-state index contributed by atoms with van der Waals surface area (Å²) in [6.45, 7) is 11.0. The highest BCUT2D eigenvalue weighted by molar-refractivity contribution is 6.00. The summed E-state index contributed by atoms with van der Waals surface area (Å²) in [6, 6.07) is 14.3. The van der Waals surface area contributed by atoms with Crippen LogP contribution in [0, 0.1) is 25.2 Å². The monoisotopic (exact) mass is 919 g/mol. The van der Waals surface area contributed by atoms with Crippen LogP contribution in [0.15, 0.2) is 60.7 Å². The number of ether oxygens (including phenoxy) is 3. The van der Waals surface area contributed by atoms with Gasteiger partial charge in [0.1, 0.15) is 66.8 Å². The van der Waals surface area contributed by atoms with Crippen LogP contribution in [-0.2, 0) is 25.6 Å². The van der Waals surface area contributed by atoms with Crippen LogP contribution in [0.4, 0.5) is 0 Å². The first-order valence-electron chi connectivity index (χ1n) is 22.0. The van der Waals surface area contributed by atoms with Crippen LogP contribution >= 0.6 is 0 Å². The third kappa shape index (κ3) is 13.0. The Hall–Kier alpha value is -7.14.